The first kappa shape index (κ1) is 16.4. The predicted molar refractivity (Wildman–Crippen MR) is 81.6 cm³/mol. The molecule has 0 aliphatic carbocycles. The van der Waals surface area contributed by atoms with Crippen LogP contribution in [0.5, 0.6) is 5.75 Å². The summed E-state index contributed by atoms with van der Waals surface area (Å²) in [6.07, 6.45) is 0.340. The Morgan fingerprint density at radius 1 is 1.12 bits per heavy atom. The quantitative estimate of drug-likeness (QED) is 0.857. The number of fused-ring (bicyclic) bond motifs is 1. The fourth-order valence-electron chi connectivity index (χ4n) is 2.49. The Labute approximate surface area is 139 Å². The molecule has 1 N–H and O–H groups in total. The molecule has 1 aliphatic rings. The average Bonchev–Trinajstić information content (AvgIpc) is 2.58. The summed E-state index contributed by atoms with van der Waals surface area (Å²) in [5.41, 5.74) is 0.122. The van der Waals surface area contributed by atoms with E-state index in [9.17, 15) is 22.2 Å². The van der Waals surface area contributed by atoms with Crippen LogP contribution >= 0.6 is 0 Å². The smallest absolute Gasteiger partial charge is 0.467 e. The molecule has 0 fully saturated rings. The summed E-state index contributed by atoms with van der Waals surface area (Å²) in [7, 11) is 0. The number of halogens is 3. The molecular formula is C16H11F3NO3S+. The molecule has 1 aliphatic heterocycles. The number of amides is 1. The van der Waals surface area contributed by atoms with Gasteiger partial charge in [0.05, 0.1) is 17.7 Å². The van der Waals surface area contributed by atoms with Crippen LogP contribution in [0.3, 0.4) is 0 Å². The molecule has 0 saturated heterocycles. The third-order valence-electron chi connectivity index (χ3n) is 3.63. The number of hydrogen-bond acceptors (Lipinski definition) is 3. The zero-order valence-corrected chi connectivity index (χ0v) is 13.0. The van der Waals surface area contributed by atoms with Crippen LogP contribution in [0.4, 0.5) is 18.9 Å². The highest BCUT2D eigenvalue weighted by Gasteiger charge is 2.37. The lowest BCUT2D eigenvalue weighted by Gasteiger charge is -2.20. The largest absolute Gasteiger partial charge is 0.492 e. The fourth-order valence-corrected chi connectivity index (χ4v) is 3.00. The van der Waals surface area contributed by atoms with Crippen molar-refractivity contribution in [2.24, 2.45) is 0 Å². The minimum Gasteiger partial charge on any atom is -0.492 e. The van der Waals surface area contributed by atoms with E-state index in [4.69, 9.17) is 4.74 Å². The van der Waals surface area contributed by atoms with Crippen LogP contribution in [0.2, 0.25) is 0 Å². The van der Waals surface area contributed by atoms with Crippen molar-refractivity contribution in [3.8, 4) is 5.75 Å². The molecule has 3 rings (SSSR count). The Balaban J connectivity index is 1.96. The molecule has 0 saturated carbocycles. The van der Waals surface area contributed by atoms with Crippen LogP contribution in [0.15, 0.2) is 30.3 Å². The molecule has 0 bridgehead atoms. The van der Waals surface area contributed by atoms with Crippen LogP contribution in [0, 0.1) is 17.5 Å². The summed E-state index contributed by atoms with van der Waals surface area (Å²) in [4.78, 5) is 12.4. The van der Waals surface area contributed by atoms with Gasteiger partial charge in [-0.05, 0) is 24.3 Å². The number of anilines is 1. The van der Waals surface area contributed by atoms with Crippen LogP contribution < -0.4 is 10.1 Å². The number of carbonyl (C=O) groups is 1. The van der Waals surface area contributed by atoms with Crippen molar-refractivity contribution < 1.29 is 26.9 Å². The normalized spacial score (nSPS) is 16.0. The van der Waals surface area contributed by atoms with Gasteiger partial charge in [0.15, 0.2) is 11.6 Å². The number of hydrogen-bond donors (Lipinski definition) is 1. The highest BCUT2D eigenvalue weighted by molar-refractivity contribution is 7.65. The van der Waals surface area contributed by atoms with Gasteiger partial charge < -0.3 is 10.1 Å². The van der Waals surface area contributed by atoms with E-state index in [2.05, 4.69) is 5.32 Å². The van der Waals surface area contributed by atoms with Crippen molar-refractivity contribution >= 4 is 23.3 Å². The molecule has 1 unspecified atom stereocenters. The van der Waals surface area contributed by atoms with E-state index in [-0.39, 0.29) is 40.8 Å². The Morgan fingerprint density at radius 3 is 2.58 bits per heavy atom. The maximum absolute atomic E-state index is 14.0. The standard InChI is InChI=1S/C16H10F3NO3S/c17-10-3-1-8(7-12(10)19)20-16(21)9-2-4-11(18)14-13(24-22)5-6-23-15(9)14/h1-4,7,13H,5-6H2/p+1. The molecule has 2 aromatic carbocycles. The minimum absolute atomic E-state index is 0.00897. The van der Waals surface area contributed by atoms with E-state index in [1.54, 1.807) is 0 Å². The number of ether oxygens (including phenoxy) is 1. The molecule has 24 heavy (non-hydrogen) atoms. The van der Waals surface area contributed by atoms with Crippen molar-refractivity contribution in [3.63, 3.8) is 0 Å². The third kappa shape index (κ3) is 2.96. The maximum Gasteiger partial charge on any atom is 0.467 e. The highest BCUT2D eigenvalue weighted by atomic mass is 32.1. The number of rotatable bonds is 3. The van der Waals surface area contributed by atoms with Gasteiger partial charge in [0.1, 0.15) is 11.6 Å². The zero-order valence-electron chi connectivity index (χ0n) is 12.1. The lowest BCUT2D eigenvalue weighted by molar-refractivity contribution is 0.102. The Kier molecular flexibility index (Phi) is 4.48. The van der Waals surface area contributed by atoms with E-state index < -0.39 is 28.6 Å². The maximum atomic E-state index is 14.0. The van der Waals surface area contributed by atoms with E-state index in [0.717, 1.165) is 18.2 Å². The van der Waals surface area contributed by atoms with Gasteiger partial charge in [0, 0.05) is 22.4 Å². The van der Waals surface area contributed by atoms with E-state index in [0.29, 0.717) is 6.42 Å². The summed E-state index contributed by atoms with van der Waals surface area (Å²) in [5, 5.41) is 1.75. The topological polar surface area (TPSA) is 55.4 Å². The van der Waals surface area contributed by atoms with Crippen molar-refractivity contribution in [3.05, 3.63) is 58.9 Å². The van der Waals surface area contributed by atoms with Crippen molar-refractivity contribution in [2.45, 2.75) is 11.7 Å². The van der Waals surface area contributed by atoms with Crippen molar-refractivity contribution in [2.75, 3.05) is 11.9 Å². The van der Waals surface area contributed by atoms with E-state index in [1.165, 1.54) is 12.1 Å². The van der Waals surface area contributed by atoms with Gasteiger partial charge in [-0.15, -0.1) is 0 Å². The molecule has 0 radical (unpaired) electrons. The molecule has 0 aromatic heterocycles. The van der Waals surface area contributed by atoms with Gasteiger partial charge in [-0.1, -0.05) is 0 Å². The fraction of sp³-hybridized carbons (Fsp3) is 0.188. The molecule has 1 amide bonds. The molecule has 0 spiro atoms. The molecule has 1 heterocycles. The van der Waals surface area contributed by atoms with Crippen LogP contribution in [-0.4, -0.2) is 12.5 Å². The van der Waals surface area contributed by atoms with Gasteiger partial charge in [-0.2, -0.15) is 0 Å². The van der Waals surface area contributed by atoms with Crippen molar-refractivity contribution in [1.82, 2.24) is 0 Å². The highest BCUT2D eigenvalue weighted by Crippen LogP contribution is 2.38. The molecule has 4 nitrogen and oxygen atoms in total. The number of carbonyl (C=O) groups excluding carboxylic acids is 1. The summed E-state index contributed by atoms with van der Waals surface area (Å²) in [5.74, 6) is -3.43. The summed E-state index contributed by atoms with van der Waals surface area (Å²) < 4.78 is 56.7. The van der Waals surface area contributed by atoms with E-state index >= 15 is 0 Å². The lowest BCUT2D eigenvalue weighted by Crippen LogP contribution is -2.21. The van der Waals surface area contributed by atoms with Gasteiger partial charge >= 0.3 is 11.7 Å². The second kappa shape index (κ2) is 6.56. The summed E-state index contributed by atoms with van der Waals surface area (Å²) >= 11 is 0.238. The Morgan fingerprint density at radius 2 is 1.88 bits per heavy atom. The van der Waals surface area contributed by atoms with Gasteiger partial charge in [0.2, 0.25) is 0 Å². The first-order chi connectivity index (χ1) is 11.5. The second-order valence-electron chi connectivity index (χ2n) is 5.14. The van der Waals surface area contributed by atoms with Crippen LogP contribution in [0.1, 0.15) is 27.6 Å². The first-order valence-corrected chi connectivity index (χ1v) is 7.82. The number of benzene rings is 2. The SMILES string of the molecule is O=[S+]C1CCOc2c(C(=O)Nc3ccc(F)c(F)c3)ccc(F)c21. The van der Waals surface area contributed by atoms with Gasteiger partial charge in [-0.25, -0.2) is 13.2 Å². The molecular weight excluding hydrogens is 343 g/mol. The summed E-state index contributed by atoms with van der Waals surface area (Å²) in [6.45, 7) is 0.182. The van der Waals surface area contributed by atoms with Gasteiger partial charge in [0.25, 0.3) is 11.2 Å². The van der Waals surface area contributed by atoms with Gasteiger partial charge in [-0.3, -0.25) is 4.79 Å². The minimum atomic E-state index is -1.10. The van der Waals surface area contributed by atoms with Crippen molar-refractivity contribution in [1.29, 1.82) is 0 Å². The zero-order chi connectivity index (χ0) is 17.3. The number of nitrogens with one attached hydrogen (secondary N) is 1. The van der Waals surface area contributed by atoms with Crippen LogP contribution in [0.25, 0.3) is 0 Å². The molecule has 2 aromatic rings. The monoisotopic (exact) mass is 354 g/mol. The third-order valence-corrected chi connectivity index (χ3v) is 4.33. The summed E-state index contributed by atoms with van der Waals surface area (Å²) in [6, 6.07) is 5.22. The first-order valence-electron chi connectivity index (χ1n) is 7.01. The Bertz CT molecular complexity index is 828. The predicted octanol–water partition coefficient (Wildman–Crippen LogP) is 3.61. The average molecular weight is 354 g/mol. The second-order valence-corrected chi connectivity index (χ2v) is 5.90. The Hall–Kier alpha value is -2.48. The molecule has 8 heteroatoms. The molecule has 1 atom stereocenters. The van der Waals surface area contributed by atoms with Crippen LogP contribution in [-0.2, 0) is 15.9 Å². The lowest BCUT2D eigenvalue weighted by atomic mass is 10.0. The molecule has 124 valence electrons. The van der Waals surface area contributed by atoms with E-state index in [1.807, 2.05) is 0 Å².